The molecule has 0 unspecified atom stereocenters. The molecule has 0 spiro atoms. The lowest BCUT2D eigenvalue weighted by Crippen LogP contribution is -2.13. The van der Waals surface area contributed by atoms with E-state index in [-0.39, 0.29) is 5.41 Å². The molecular weight excluding hydrogens is 132 g/mol. The fourth-order valence-electron chi connectivity index (χ4n) is 1.44. The van der Waals surface area contributed by atoms with E-state index in [1.807, 2.05) is 6.08 Å². The highest BCUT2D eigenvalue weighted by Crippen LogP contribution is 2.30. The van der Waals surface area contributed by atoms with Gasteiger partial charge in [0, 0.05) is 0 Å². The summed E-state index contributed by atoms with van der Waals surface area (Å²) in [6.45, 7) is 14.9. The summed E-state index contributed by atoms with van der Waals surface area (Å²) in [5, 5.41) is 0. The Morgan fingerprint density at radius 2 is 1.73 bits per heavy atom. The van der Waals surface area contributed by atoms with Crippen molar-refractivity contribution in [2.75, 3.05) is 0 Å². The molecule has 0 saturated carbocycles. The van der Waals surface area contributed by atoms with Crippen LogP contribution in [0.25, 0.3) is 0 Å². The van der Waals surface area contributed by atoms with Crippen LogP contribution in [0.4, 0.5) is 0 Å². The summed E-state index contributed by atoms with van der Waals surface area (Å²) in [7, 11) is 0. The molecule has 64 valence electrons. The summed E-state index contributed by atoms with van der Waals surface area (Å²) in [6, 6.07) is 0. The lowest BCUT2D eigenvalue weighted by molar-refractivity contribution is 0.448. The molecule has 0 atom stereocenters. The van der Waals surface area contributed by atoms with Crippen LogP contribution in [0, 0.1) is 11.3 Å². The molecule has 0 rings (SSSR count). The zero-order chi connectivity index (χ0) is 9.07. The summed E-state index contributed by atoms with van der Waals surface area (Å²) < 4.78 is 0. The minimum atomic E-state index is 0.280. The molecule has 0 nitrogen and oxygen atoms in total. The van der Waals surface area contributed by atoms with E-state index in [4.69, 9.17) is 0 Å². The van der Waals surface area contributed by atoms with Crippen LogP contribution in [0.3, 0.4) is 0 Å². The second-order valence-corrected chi connectivity index (χ2v) is 4.26. The van der Waals surface area contributed by atoms with Crippen LogP contribution in [0.1, 0.15) is 34.6 Å². The molecule has 0 fully saturated rings. The van der Waals surface area contributed by atoms with Gasteiger partial charge in [-0.05, 0) is 11.3 Å². The van der Waals surface area contributed by atoms with Crippen LogP contribution in [0.2, 0.25) is 0 Å². The van der Waals surface area contributed by atoms with E-state index in [2.05, 4.69) is 47.3 Å². The molecule has 0 aromatic rings. The highest BCUT2D eigenvalue weighted by molar-refractivity contribution is 5.18. The van der Waals surface area contributed by atoms with Gasteiger partial charge in [0.05, 0.1) is 0 Å². The first-order valence-corrected chi connectivity index (χ1v) is 4.22. The van der Waals surface area contributed by atoms with Crippen molar-refractivity contribution in [2.45, 2.75) is 34.6 Å². The van der Waals surface area contributed by atoms with Crippen LogP contribution < -0.4 is 0 Å². The first kappa shape index (κ1) is 10.5. The molecule has 0 N–H and O–H groups in total. The predicted octanol–water partition coefficient (Wildman–Crippen LogP) is 3.80. The van der Waals surface area contributed by atoms with Gasteiger partial charge in [-0.15, -0.1) is 0 Å². The predicted molar refractivity (Wildman–Crippen MR) is 52.6 cm³/mol. The van der Waals surface area contributed by atoms with Crippen molar-refractivity contribution in [3.8, 4) is 0 Å². The average molecular weight is 152 g/mol. The maximum Gasteiger partial charge on any atom is -0.0167 e. The Hall–Kier alpha value is -0.520. The van der Waals surface area contributed by atoms with Crippen molar-refractivity contribution < 1.29 is 0 Å². The van der Waals surface area contributed by atoms with Gasteiger partial charge in [-0.25, -0.2) is 0 Å². The molecule has 0 aliphatic carbocycles. The van der Waals surface area contributed by atoms with E-state index < -0.39 is 0 Å². The highest BCUT2D eigenvalue weighted by Gasteiger charge is 2.18. The topological polar surface area (TPSA) is 0 Å². The third kappa shape index (κ3) is 3.41. The second kappa shape index (κ2) is 3.75. The maximum absolute atomic E-state index is 3.72. The Labute approximate surface area is 71.0 Å². The van der Waals surface area contributed by atoms with Crippen LogP contribution in [-0.4, -0.2) is 0 Å². The SMILES string of the molecule is C=C/C=C(\C(C)C)C(C)(C)C. The van der Waals surface area contributed by atoms with Gasteiger partial charge < -0.3 is 0 Å². The zero-order valence-corrected chi connectivity index (χ0v) is 8.44. The standard InChI is InChI=1S/C11H20/c1-7-8-10(9(2)3)11(4,5)6/h7-9H,1H2,2-6H3/b10-8+. The first-order valence-electron chi connectivity index (χ1n) is 4.22. The van der Waals surface area contributed by atoms with Gasteiger partial charge >= 0.3 is 0 Å². The van der Waals surface area contributed by atoms with E-state index in [0.29, 0.717) is 5.92 Å². The fourth-order valence-corrected chi connectivity index (χ4v) is 1.44. The minimum absolute atomic E-state index is 0.280. The van der Waals surface area contributed by atoms with E-state index in [1.54, 1.807) is 0 Å². The molecule has 0 aliphatic heterocycles. The molecular formula is C11H20. The Morgan fingerprint density at radius 3 is 1.82 bits per heavy atom. The Kier molecular flexibility index (Phi) is 3.57. The van der Waals surface area contributed by atoms with Crippen LogP contribution in [0.15, 0.2) is 24.3 Å². The quantitative estimate of drug-likeness (QED) is 0.528. The molecule has 0 radical (unpaired) electrons. The Balaban J connectivity index is 4.62. The fraction of sp³-hybridized carbons (Fsp3) is 0.636. The lowest BCUT2D eigenvalue weighted by atomic mass is 9.80. The molecule has 0 bridgehead atoms. The van der Waals surface area contributed by atoms with Gasteiger partial charge in [0.1, 0.15) is 0 Å². The summed E-state index contributed by atoms with van der Waals surface area (Å²) in [5.41, 5.74) is 1.75. The Morgan fingerprint density at radius 1 is 1.27 bits per heavy atom. The normalized spacial score (nSPS) is 13.8. The number of rotatable bonds is 2. The smallest absolute Gasteiger partial charge is 0.0167 e. The van der Waals surface area contributed by atoms with Gasteiger partial charge in [0.2, 0.25) is 0 Å². The van der Waals surface area contributed by atoms with E-state index >= 15 is 0 Å². The number of hydrogen-bond acceptors (Lipinski definition) is 0. The molecule has 0 aromatic carbocycles. The second-order valence-electron chi connectivity index (χ2n) is 4.26. The van der Waals surface area contributed by atoms with Crippen molar-refractivity contribution in [1.82, 2.24) is 0 Å². The van der Waals surface area contributed by atoms with Crippen LogP contribution in [0.5, 0.6) is 0 Å². The monoisotopic (exact) mass is 152 g/mol. The van der Waals surface area contributed by atoms with Crippen molar-refractivity contribution in [3.63, 3.8) is 0 Å². The van der Waals surface area contributed by atoms with E-state index in [0.717, 1.165) is 0 Å². The molecule has 0 aliphatic rings. The van der Waals surface area contributed by atoms with Gasteiger partial charge in [0.25, 0.3) is 0 Å². The number of hydrogen-bond donors (Lipinski definition) is 0. The molecule has 0 saturated heterocycles. The highest BCUT2D eigenvalue weighted by atomic mass is 14.2. The van der Waals surface area contributed by atoms with E-state index in [1.165, 1.54) is 5.57 Å². The molecule has 11 heavy (non-hydrogen) atoms. The molecule has 0 amide bonds. The lowest BCUT2D eigenvalue weighted by Gasteiger charge is -2.26. The number of allylic oxidation sites excluding steroid dienone is 3. The summed E-state index contributed by atoms with van der Waals surface area (Å²) in [4.78, 5) is 0. The Bertz CT molecular complexity index is 153. The third-order valence-corrected chi connectivity index (χ3v) is 1.79. The zero-order valence-electron chi connectivity index (χ0n) is 8.44. The van der Waals surface area contributed by atoms with E-state index in [9.17, 15) is 0 Å². The van der Waals surface area contributed by atoms with Gasteiger partial charge in [-0.1, -0.05) is 58.9 Å². The first-order chi connectivity index (χ1) is 4.89. The molecule has 0 heterocycles. The third-order valence-electron chi connectivity index (χ3n) is 1.79. The van der Waals surface area contributed by atoms with Crippen LogP contribution in [-0.2, 0) is 0 Å². The summed E-state index contributed by atoms with van der Waals surface area (Å²) in [6.07, 6.45) is 4.01. The molecule has 0 aromatic heterocycles. The summed E-state index contributed by atoms with van der Waals surface area (Å²) in [5.74, 6) is 0.619. The largest absolute Gasteiger partial charge is 0.0991 e. The van der Waals surface area contributed by atoms with Crippen molar-refractivity contribution in [3.05, 3.63) is 24.3 Å². The van der Waals surface area contributed by atoms with Gasteiger partial charge in [0.15, 0.2) is 0 Å². The summed E-state index contributed by atoms with van der Waals surface area (Å²) >= 11 is 0. The van der Waals surface area contributed by atoms with Crippen molar-refractivity contribution in [1.29, 1.82) is 0 Å². The minimum Gasteiger partial charge on any atom is -0.0991 e. The molecule has 0 heteroatoms. The van der Waals surface area contributed by atoms with Crippen molar-refractivity contribution in [2.24, 2.45) is 11.3 Å². The van der Waals surface area contributed by atoms with Gasteiger partial charge in [-0.3, -0.25) is 0 Å². The maximum atomic E-state index is 3.72. The van der Waals surface area contributed by atoms with Crippen LogP contribution >= 0.6 is 0 Å². The average Bonchev–Trinajstić information content (AvgIpc) is 1.79. The van der Waals surface area contributed by atoms with Gasteiger partial charge in [-0.2, -0.15) is 0 Å². The van der Waals surface area contributed by atoms with Crippen molar-refractivity contribution >= 4 is 0 Å².